The van der Waals surface area contributed by atoms with Crippen molar-refractivity contribution >= 4 is 8.07 Å². The molecule has 0 unspecified atom stereocenters. The van der Waals surface area contributed by atoms with E-state index in [1.54, 1.807) is 10.8 Å². The van der Waals surface area contributed by atoms with E-state index in [4.69, 9.17) is 0 Å². The van der Waals surface area contributed by atoms with E-state index < -0.39 is 8.07 Å². The van der Waals surface area contributed by atoms with Gasteiger partial charge < -0.3 is 0 Å². The molecule has 1 aliphatic carbocycles. The lowest BCUT2D eigenvalue weighted by molar-refractivity contribution is 0.887. The topological polar surface area (TPSA) is 0 Å². The van der Waals surface area contributed by atoms with Crippen molar-refractivity contribution in [2.45, 2.75) is 45.8 Å². The lowest BCUT2D eigenvalue weighted by Crippen LogP contribution is -2.21. The van der Waals surface area contributed by atoms with Crippen LogP contribution in [0.25, 0.3) is 0 Å². The average molecular weight is 180 g/mol. The molecular formula is C11H20Si. The Bertz CT molecular complexity index is 216. The minimum Gasteiger partial charge on any atom is -0.0812 e. The number of hydrogen-bond donors (Lipinski definition) is 0. The molecule has 0 saturated heterocycles. The third-order valence-corrected chi connectivity index (χ3v) is 4.46. The smallest absolute Gasteiger partial charge is 0.0771 e. The zero-order valence-corrected chi connectivity index (χ0v) is 9.78. The van der Waals surface area contributed by atoms with Gasteiger partial charge in [0.05, 0.1) is 8.07 Å². The van der Waals surface area contributed by atoms with Crippen LogP contribution in [0.4, 0.5) is 0 Å². The first-order chi connectivity index (χ1) is 5.54. The van der Waals surface area contributed by atoms with Crippen molar-refractivity contribution in [2.75, 3.05) is 0 Å². The second-order valence-electron chi connectivity index (χ2n) is 4.67. The minimum atomic E-state index is -1.01. The van der Waals surface area contributed by atoms with Gasteiger partial charge in [0.1, 0.15) is 0 Å². The van der Waals surface area contributed by atoms with Crippen LogP contribution in [-0.4, -0.2) is 8.07 Å². The Balaban J connectivity index is 2.62. The molecule has 0 fully saturated rings. The molecule has 0 N–H and O–H groups in total. The van der Waals surface area contributed by atoms with Crippen molar-refractivity contribution in [1.82, 2.24) is 0 Å². The molecule has 1 rings (SSSR count). The molecule has 68 valence electrons. The maximum atomic E-state index is 2.45. The molecule has 0 amide bonds. The van der Waals surface area contributed by atoms with Crippen molar-refractivity contribution in [3.05, 3.63) is 22.9 Å². The van der Waals surface area contributed by atoms with E-state index in [9.17, 15) is 0 Å². The summed E-state index contributed by atoms with van der Waals surface area (Å²) in [6.45, 7) is 9.52. The Labute approximate surface area is 77.4 Å². The second-order valence-corrected chi connectivity index (χ2v) is 9.74. The molecule has 12 heavy (non-hydrogen) atoms. The van der Waals surface area contributed by atoms with Crippen LogP contribution in [0.5, 0.6) is 0 Å². The van der Waals surface area contributed by atoms with Crippen LogP contribution < -0.4 is 0 Å². The Kier molecular flexibility index (Phi) is 2.94. The van der Waals surface area contributed by atoms with E-state index in [0.717, 1.165) is 0 Å². The third-order valence-electron chi connectivity index (χ3n) is 2.38. The predicted molar refractivity (Wildman–Crippen MR) is 59.0 cm³/mol. The van der Waals surface area contributed by atoms with Crippen LogP contribution in [0, 0.1) is 0 Å². The summed E-state index contributed by atoms with van der Waals surface area (Å²) in [6.07, 6.45) is 8.71. The fourth-order valence-electron chi connectivity index (χ4n) is 1.60. The summed E-state index contributed by atoms with van der Waals surface area (Å²) >= 11 is 0. The van der Waals surface area contributed by atoms with Gasteiger partial charge in [-0.05, 0) is 12.8 Å². The maximum absolute atomic E-state index is 2.45. The number of allylic oxidation sites excluding steroid dienone is 4. The Morgan fingerprint density at radius 1 is 1.33 bits per heavy atom. The van der Waals surface area contributed by atoms with Gasteiger partial charge in [-0.3, -0.25) is 0 Å². The second kappa shape index (κ2) is 3.61. The average Bonchev–Trinajstić information content (AvgIpc) is 2.35. The molecule has 1 aliphatic rings. The summed E-state index contributed by atoms with van der Waals surface area (Å²) in [7, 11) is -1.01. The van der Waals surface area contributed by atoms with E-state index in [-0.39, 0.29) is 0 Å². The van der Waals surface area contributed by atoms with Crippen LogP contribution in [0.1, 0.15) is 26.2 Å². The van der Waals surface area contributed by atoms with Crippen molar-refractivity contribution in [1.29, 1.82) is 0 Å². The lowest BCUT2D eigenvalue weighted by Gasteiger charge is -2.15. The van der Waals surface area contributed by atoms with Gasteiger partial charge in [-0.15, -0.1) is 0 Å². The molecule has 0 aliphatic heterocycles. The molecule has 0 bridgehead atoms. The Morgan fingerprint density at radius 2 is 2.00 bits per heavy atom. The third kappa shape index (κ3) is 2.34. The number of hydrogen-bond acceptors (Lipinski definition) is 0. The van der Waals surface area contributed by atoms with Gasteiger partial charge in [-0.2, -0.15) is 0 Å². The van der Waals surface area contributed by atoms with E-state index in [1.165, 1.54) is 19.3 Å². The van der Waals surface area contributed by atoms with Gasteiger partial charge in [0.2, 0.25) is 0 Å². The lowest BCUT2D eigenvalue weighted by atomic mass is 10.1. The first-order valence-electron chi connectivity index (χ1n) is 4.94. The summed E-state index contributed by atoms with van der Waals surface area (Å²) in [5.74, 6) is 0. The maximum Gasteiger partial charge on any atom is 0.0771 e. The Hall–Kier alpha value is -0.303. The van der Waals surface area contributed by atoms with Gasteiger partial charge in [-0.25, -0.2) is 0 Å². The molecular weight excluding hydrogens is 160 g/mol. The van der Waals surface area contributed by atoms with Gasteiger partial charge in [0.25, 0.3) is 0 Å². The molecule has 0 spiro atoms. The highest BCUT2D eigenvalue weighted by Crippen LogP contribution is 2.27. The van der Waals surface area contributed by atoms with Crippen molar-refractivity contribution < 1.29 is 0 Å². The minimum absolute atomic E-state index is 1.01. The summed E-state index contributed by atoms with van der Waals surface area (Å²) in [4.78, 5) is 0. The van der Waals surface area contributed by atoms with Crippen LogP contribution >= 0.6 is 0 Å². The summed E-state index contributed by atoms with van der Waals surface area (Å²) < 4.78 is 0. The molecule has 0 saturated carbocycles. The van der Waals surface area contributed by atoms with Crippen LogP contribution in [0.15, 0.2) is 22.9 Å². The van der Waals surface area contributed by atoms with Crippen molar-refractivity contribution in [2.24, 2.45) is 0 Å². The molecule has 0 aromatic carbocycles. The molecule has 0 aromatic heterocycles. The molecule has 0 nitrogen and oxygen atoms in total. The molecule has 0 heterocycles. The zero-order valence-electron chi connectivity index (χ0n) is 8.78. The highest BCUT2D eigenvalue weighted by Gasteiger charge is 2.20. The summed E-state index contributed by atoms with van der Waals surface area (Å²) in [6, 6.07) is 0. The Morgan fingerprint density at radius 3 is 2.42 bits per heavy atom. The van der Waals surface area contributed by atoms with Crippen molar-refractivity contribution in [3.63, 3.8) is 0 Å². The summed E-state index contributed by atoms with van der Waals surface area (Å²) in [5, 5.41) is 1.66. The van der Waals surface area contributed by atoms with Gasteiger partial charge in [0, 0.05) is 0 Å². The number of rotatable bonds is 3. The van der Waals surface area contributed by atoms with Gasteiger partial charge in [-0.1, -0.05) is 55.9 Å². The standard InChI is InChI=1S/C11H20Si/c1-5-6-10-7-8-11(9-10)12(2,3)4/h8-9H,5-7H2,1-4H3. The van der Waals surface area contributed by atoms with Crippen LogP contribution in [-0.2, 0) is 0 Å². The fourth-order valence-corrected chi connectivity index (χ4v) is 2.95. The SMILES string of the molecule is CCCC1=CC([Si](C)(C)C)=CC1. The zero-order chi connectivity index (χ0) is 9.19. The highest BCUT2D eigenvalue weighted by atomic mass is 28.3. The normalized spacial score (nSPS) is 17.7. The summed E-state index contributed by atoms with van der Waals surface area (Å²) in [5.41, 5.74) is 1.65. The molecule has 1 heteroatoms. The van der Waals surface area contributed by atoms with Gasteiger partial charge in [0.15, 0.2) is 0 Å². The monoisotopic (exact) mass is 180 g/mol. The van der Waals surface area contributed by atoms with Crippen LogP contribution in [0.2, 0.25) is 19.6 Å². The van der Waals surface area contributed by atoms with E-state index in [2.05, 4.69) is 38.7 Å². The largest absolute Gasteiger partial charge is 0.0812 e. The van der Waals surface area contributed by atoms with Crippen molar-refractivity contribution in [3.8, 4) is 0 Å². The van der Waals surface area contributed by atoms with Gasteiger partial charge >= 0.3 is 0 Å². The quantitative estimate of drug-likeness (QED) is 0.577. The highest BCUT2D eigenvalue weighted by molar-refractivity contribution is 6.83. The first kappa shape index (κ1) is 9.78. The molecule has 0 atom stereocenters. The van der Waals surface area contributed by atoms with Crippen LogP contribution in [0.3, 0.4) is 0 Å². The molecule has 0 aromatic rings. The van der Waals surface area contributed by atoms with E-state index >= 15 is 0 Å². The molecule has 0 radical (unpaired) electrons. The van der Waals surface area contributed by atoms with E-state index in [1.807, 2.05) is 0 Å². The first-order valence-corrected chi connectivity index (χ1v) is 8.44. The predicted octanol–water partition coefficient (Wildman–Crippen LogP) is 3.92. The van der Waals surface area contributed by atoms with E-state index in [0.29, 0.717) is 0 Å². The fraction of sp³-hybridized carbons (Fsp3) is 0.636.